The third kappa shape index (κ3) is 4.02. The Balaban J connectivity index is 1.76. The largest absolute Gasteiger partial charge is 0.481 e. The summed E-state index contributed by atoms with van der Waals surface area (Å²) in [7, 11) is 0. The van der Waals surface area contributed by atoms with Crippen LogP contribution in [0.4, 0.5) is 10.2 Å². The number of nitrogens with zero attached hydrogens (tertiary/aromatic N) is 4. The summed E-state index contributed by atoms with van der Waals surface area (Å²) in [6, 6.07) is 9.45. The van der Waals surface area contributed by atoms with Gasteiger partial charge in [-0.2, -0.15) is 9.78 Å². The number of aromatic nitrogens is 4. The van der Waals surface area contributed by atoms with Crippen LogP contribution in [-0.4, -0.2) is 32.3 Å². The molecule has 0 aliphatic rings. The standard InChI is InChI=1S/C18H18FN5O2/c1-11-8-12(2)21-18(20-11)24-16(9-13(3)23-24)22-17(25)10-26-15-7-5-4-6-14(15)19/h4-9H,10H2,1-3H3,(H,22,25). The number of hydrogen-bond acceptors (Lipinski definition) is 5. The maximum atomic E-state index is 13.5. The Kier molecular flexibility index (Phi) is 4.92. The highest BCUT2D eigenvalue weighted by molar-refractivity contribution is 5.91. The van der Waals surface area contributed by atoms with Crippen LogP contribution in [0.5, 0.6) is 5.75 Å². The molecule has 134 valence electrons. The predicted octanol–water partition coefficient (Wildman–Crippen LogP) is 2.74. The lowest BCUT2D eigenvalue weighted by Gasteiger charge is -2.10. The van der Waals surface area contributed by atoms with Gasteiger partial charge in [-0.25, -0.2) is 14.4 Å². The first-order valence-electron chi connectivity index (χ1n) is 7.99. The van der Waals surface area contributed by atoms with Crippen molar-refractivity contribution in [3.8, 4) is 11.7 Å². The van der Waals surface area contributed by atoms with Gasteiger partial charge in [-0.15, -0.1) is 0 Å². The summed E-state index contributed by atoms with van der Waals surface area (Å²) >= 11 is 0. The van der Waals surface area contributed by atoms with Crippen molar-refractivity contribution in [3.05, 3.63) is 59.3 Å². The van der Waals surface area contributed by atoms with Gasteiger partial charge in [0.15, 0.2) is 18.2 Å². The number of nitrogens with one attached hydrogen (secondary N) is 1. The van der Waals surface area contributed by atoms with E-state index in [1.165, 1.54) is 16.8 Å². The van der Waals surface area contributed by atoms with E-state index in [0.29, 0.717) is 17.5 Å². The monoisotopic (exact) mass is 355 g/mol. The Hall–Kier alpha value is -3.29. The number of rotatable bonds is 5. The minimum absolute atomic E-state index is 0.0185. The van der Waals surface area contributed by atoms with E-state index in [1.54, 1.807) is 25.1 Å². The predicted molar refractivity (Wildman–Crippen MR) is 93.9 cm³/mol. The molecule has 0 atom stereocenters. The molecule has 7 nitrogen and oxygen atoms in total. The highest BCUT2D eigenvalue weighted by Crippen LogP contribution is 2.17. The molecule has 0 bridgehead atoms. The number of benzene rings is 1. The Morgan fingerprint density at radius 2 is 1.81 bits per heavy atom. The summed E-state index contributed by atoms with van der Waals surface area (Å²) in [6.45, 7) is 5.17. The second-order valence-corrected chi connectivity index (χ2v) is 5.80. The first-order valence-corrected chi connectivity index (χ1v) is 7.99. The number of aryl methyl sites for hydroxylation is 3. The fourth-order valence-electron chi connectivity index (χ4n) is 2.43. The number of carbonyl (C=O) groups is 1. The van der Waals surface area contributed by atoms with Gasteiger partial charge in [0.1, 0.15) is 5.82 Å². The Morgan fingerprint density at radius 1 is 1.12 bits per heavy atom. The lowest BCUT2D eigenvalue weighted by molar-refractivity contribution is -0.118. The fourth-order valence-corrected chi connectivity index (χ4v) is 2.43. The fraction of sp³-hybridized carbons (Fsp3) is 0.222. The molecule has 26 heavy (non-hydrogen) atoms. The first kappa shape index (κ1) is 17.5. The molecule has 0 unspecified atom stereocenters. The van der Waals surface area contributed by atoms with E-state index in [-0.39, 0.29) is 12.4 Å². The van der Waals surface area contributed by atoms with Crippen LogP contribution in [0, 0.1) is 26.6 Å². The molecule has 0 radical (unpaired) electrons. The topological polar surface area (TPSA) is 81.9 Å². The van der Waals surface area contributed by atoms with Crippen LogP contribution >= 0.6 is 0 Å². The van der Waals surface area contributed by atoms with Gasteiger partial charge in [0.25, 0.3) is 11.9 Å². The van der Waals surface area contributed by atoms with Crippen LogP contribution in [-0.2, 0) is 4.79 Å². The number of halogens is 1. The van der Waals surface area contributed by atoms with Gasteiger partial charge < -0.3 is 10.1 Å². The summed E-state index contributed by atoms with van der Waals surface area (Å²) < 4.78 is 20.2. The molecule has 1 aromatic carbocycles. The smallest absolute Gasteiger partial charge is 0.263 e. The summed E-state index contributed by atoms with van der Waals surface area (Å²) in [5.41, 5.74) is 2.28. The van der Waals surface area contributed by atoms with Crippen molar-refractivity contribution in [2.24, 2.45) is 0 Å². The van der Waals surface area contributed by atoms with Crippen molar-refractivity contribution < 1.29 is 13.9 Å². The molecule has 0 fully saturated rings. The summed E-state index contributed by atoms with van der Waals surface area (Å²) in [4.78, 5) is 20.9. The van der Waals surface area contributed by atoms with Crippen LogP contribution in [0.25, 0.3) is 5.95 Å². The number of ether oxygens (including phenoxy) is 1. The number of hydrogen-bond donors (Lipinski definition) is 1. The van der Waals surface area contributed by atoms with E-state index in [4.69, 9.17) is 4.74 Å². The van der Waals surface area contributed by atoms with Crippen LogP contribution in [0.2, 0.25) is 0 Å². The molecule has 3 aromatic rings. The Morgan fingerprint density at radius 3 is 2.50 bits per heavy atom. The maximum Gasteiger partial charge on any atom is 0.263 e. The number of amides is 1. The van der Waals surface area contributed by atoms with E-state index in [2.05, 4.69) is 20.4 Å². The van der Waals surface area contributed by atoms with Gasteiger partial charge in [0, 0.05) is 17.5 Å². The molecular weight excluding hydrogens is 337 g/mol. The van der Waals surface area contributed by atoms with E-state index in [0.717, 1.165) is 11.4 Å². The lowest BCUT2D eigenvalue weighted by Crippen LogP contribution is -2.22. The lowest BCUT2D eigenvalue weighted by atomic mass is 10.3. The number of carbonyl (C=O) groups excluding carboxylic acids is 1. The average Bonchev–Trinajstić information content (AvgIpc) is 2.93. The number of anilines is 1. The molecule has 0 aliphatic heterocycles. The minimum atomic E-state index is -0.523. The third-order valence-electron chi connectivity index (χ3n) is 3.45. The summed E-state index contributed by atoms with van der Waals surface area (Å²) in [6.07, 6.45) is 0. The van der Waals surface area contributed by atoms with Gasteiger partial charge in [-0.3, -0.25) is 4.79 Å². The van der Waals surface area contributed by atoms with Crippen LogP contribution in [0.1, 0.15) is 17.1 Å². The van der Waals surface area contributed by atoms with Crippen LogP contribution in [0.15, 0.2) is 36.4 Å². The molecule has 1 amide bonds. The molecule has 2 aromatic heterocycles. The molecule has 0 aliphatic carbocycles. The quantitative estimate of drug-likeness (QED) is 0.761. The van der Waals surface area contributed by atoms with Gasteiger partial charge in [-0.05, 0) is 39.0 Å². The van der Waals surface area contributed by atoms with Crippen molar-refractivity contribution in [1.82, 2.24) is 19.7 Å². The third-order valence-corrected chi connectivity index (χ3v) is 3.45. The highest BCUT2D eigenvalue weighted by Gasteiger charge is 2.14. The van der Waals surface area contributed by atoms with Crippen molar-refractivity contribution in [3.63, 3.8) is 0 Å². The van der Waals surface area contributed by atoms with Crippen molar-refractivity contribution in [1.29, 1.82) is 0 Å². The second kappa shape index (κ2) is 7.30. The SMILES string of the molecule is Cc1cc(C)nc(-n2nc(C)cc2NC(=O)COc2ccccc2F)n1. The van der Waals surface area contributed by atoms with E-state index in [9.17, 15) is 9.18 Å². The second-order valence-electron chi connectivity index (χ2n) is 5.80. The van der Waals surface area contributed by atoms with E-state index >= 15 is 0 Å². The zero-order valence-corrected chi connectivity index (χ0v) is 14.7. The molecule has 8 heteroatoms. The summed E-state index contributed by atoms with van der Waals surface area (Å²) in [5.74, 6) is -0.177. The number of para-hydroxylation sites is 1. The molecular formula is C18H18FN5O2. The molecule has 1 N–H and O–H groups in total. The van der Waals surface area contributed by atoms with Crippen LogP contribution < -0.4 is 10.1 Å². The molecule has 0 spiro atoms. The molecule has 3 rings (SSSR count). The Bertz CT molecular complexity index is 934. The normalized spacial score (nSPS) is 10.6. The Labute approximate surface area is 149 Å². The molecule has 0 saturated carbocycles. The summed E-state index contributed by atoms with van der Waals surface area (Å²) in [5, 5.41) is 7.02. The highest BCUT2D eigenvalue weighted by atomic mass is 19.1. The molecule has 0 saturated heterocycles. The van der Waals surface area contributed by atoms with Crippen molar-refractivity contribution >= 4 is 11.7 Å². The van der Waals surface area contributed by atoms with Crippen LogP contribution in [0.3, 0.4) is 0 Å². The van der Waals surface area contributed by atoms with Gasteiger partial charge >= 0.3 is 0 Å². The van der Waals surface area contributed by atoms with E-state index < -0.39 is 11.7 Å². The van der Waals surface area contributed by atoms with Gasteiger partial charge in [0.2, 0.25) is 0 Å². The van der Waals surface area contributed by atoms with Crippen molar-refractivity contribution in [2.45, 2.75) is 20.8 Å². The van der Waals surface area contributed by atoms with Gasteiger partial charge in [0.05, 0.1) is 5.69 Å². The average molecular weight is 355 g/mol. The molecule has 2 heterocycles. The minimum Gasteiger partial charge on any atom is -0.481 e. The van der Waals surface area contributed by atoms with E-state index in [1.807, 2.05) is 19.9 Å². The van der Waals surface area contributed by atoms with Gasteiger partial charge in [-0.1, -0.05) is 12.1 Å². The zero-order chi connectivity index (χ0) is 18.7. The van der Waals surface area contributed by atoms with Crippen molar-refractivity contribution in [2.75, 3.05) is 11.9 Å². The first-order chi connectivity index (χ1) is 12.4. The maximum absolute atomic E-state index is 13.5. The zero-order valence-electron chi connectivity index (χ0n) is 14.7.